The van der Waals surface area contributed by atoms with Crippen molar-refractivity contribution in [3.63, 3.8) is 0 Å². The van der Waals surface area contributed by atoms with Crippen molar-refractivity contribution in [2.75, 3.05) is 0 Å². The Hall–Kier alpha value is -2.04. The van der Waals surface area contributed by atoms with Gasteiger partial charge in [-0.25, -0.2) is 4.79 Å². The highest BCUT2D eigenvalue weighted by molar-refractivity contribution is 6.31. The quantitative estimate of drug-likeness (QED) is 0.791. The number of halogens is 1. The summed E-state index contributed by atoms with van der Waals surface area (Å²) >= 11 is 6.21. The molecule has 1 atom stereocenters. The van der Waals surface area contributed by atoms with Gasteiger partial charge in [-0.1, -0.05) is 35.9 Å². The molecule has 0 amide bonds. The summed E-state index contributed by atoms with van der Waals surface area (Å²) in [6, 6.07) is 13.0. The van der Waals surface area contributed by atoms with Gasteiger partial charge in [0.25, 0.3) is 0 Å². The Kier molecular flexibility index (Phi) is 3.35. The molecular formula is C16H16ClN3O. The number of rotatable bonds is 2. The van der Waals surface area contributed by atoms with Gasteiger partial charge in [-0.3, -0.25) is 9.13 Å². The van der Waals surface area contributed by atoms with Crippen LogP contribution in [0.3, 0.4) is 0 Å². The summed E-state index contributed by atoms with van der Waals surface area (Å²) < 4.78 is 3.25. The molecule has 3 aromatic rings. The zero-order valence-electron chi connectivity index (χ0n) is 11.9. The van der Waals surface area contributed by atoms with Gasteiger partial charge in [0.1, 0.15) is 0 Å². The zero-order valence-corrected chi connectivity index (χ0v) is 12.6. The normalized spacial score (nSPS) is 12.8. The van der Waals surface area contributed by atoms with Crippen LogP contribution in [0.1, 0.15) is 17.2 Å². The first-order valence-electron chi connectivity index (χ1n) is 6.66. The van der Waals surface area contributed by atoms with Crippen LogP contribution in [0.15, 0.2) is 47.3 Å². The van der Waals surface area contributed by atoms with Gasteiger partial charge in [0.05, 0.1) is 17.1 Å². The number of hydrogen-bond acceptors (Lipinski definition) is 2. The molecule has 5 heteroatoms. The van der Waals surface area contributed by atoms with Crippen LogP contribution in [0.5, 0.6) is 0 Å². The maximum absolute atomic E-state index is 12.0. The van der Waals surface area contributed by atoms with Gasteiger partial charge in [0.2, 0.25) is 0 Å². The van der Waals surface area contributed by atoms with Crippen LogP contribution >= 0.6 is 11.6 Å². The first-order valence-corrected chi connectivity index (χ1v) is 7.04. The minimum atomic E-state index is -0.321. The molecule has 4 nitrogen and oxygen atoms in total. The number of nitrogens with zero attached hydrogens (tertiary/aromatic N) is 2. The monoisotopic (exact) mass is 301 g/mol. The van der Waals surface area contributed by atoms with Crippen molar-refractivity contribution in [3.8, 4) is 0 Å². The van der Waals surface area contributed by atoms with Crippen LogP contribution < -0.4 is 11.4 Å². The molecule has 0 aliphatic rings. The third-order valence-electron chi connectivity index (χ3n) is 3.90. The van der Waals surface area contributed by atoms with E-state index in [1.807, 2.05) is 42.5 Å². The lowest BCUT2D eigenvalue weighted by molar-refractivity contribution is 0.795. The van der Waals surface area contributed by atoms with Crippen molar-refractivity contribution < 1.29 is 0 Å². The molecule has 1 heterocycles. The Morgan fingerprint density at radius 3 is 2.43 bits per heavy atom. The second kappa shape index (κ2) is 5.06. The summed E-state index contributed by atoms with van der Waals surface area (Å²) in [5.41, 5.74) is 9.83. The lowest BCUT2D eigenvalue weighted by Crippen LogP contribution is -2.19. The van der Waals surface area contributed by atoms with Gasteiger partial charge in [0, 0.05) is 19.1 Å². The molecule has 108 valence electrons. The SMILES string of the molecule is Cn1c(=O)n(C)c2cc(C(N)c3ccccc3Cl)ccc21. The third-order valence-corrected chi connectivity index (χ3v) is 4.24. The molecule has 0 saturated heterocycles. The number of imidazole rings is 1. The van der Waals surface area contributed by atoms with Gasteiger partial charge < -0.3 is 5.73 Å². The lowest BCUT2D eigenvalue weighted by Gasteiger charge is -2.14. The topological polar surface area (TPSA) is 53.0 Å². The molecule has 0 aliphatic heterocycles. The molecule has 2 aromatic carbocycles. The van der Waals surface area contributed by atoms with E-state index in [1.165, 1.54) is 0 Å². The second-order valence-corrected chi connectivity index (χ2v) is 5.56. The van der Waals surface area contributed by atoms with E-state index in [2.05, 4.69) is 0 Å². The predicted molar refractivity (Wildman–Crippen MR) is 85.6 cm³/mol. The Labute approximate surface area is 127 Å². The summed E-state index contributed by atoms with van der Waals surface area (Å²) in [6.45, 7) is 0. The van der Waals surface area contributed by atoms with Crippen LogP contribution in [0.4, 0.5) is 0 Å². The second-order valence-electron chi connectivity index (χ2n) is 5.15. The fourth-order valence-corrected chi connectivity index (χ4v) is 2.88. The number of hydrogen-bond donors (Lipinski definition) is 1. The summed E-state index contributed by atoms with van der Waals surface area (Å²) in [5, 5.41) is 0.645. The van der Waals surface area contributed by atoms with Gasteiger partial charge in [-0.05, 0) is 29.3 Å². The van der Waals surface area contributed by atoms with E-state index < -0.39 is 0 Å². The standard InChI is InChI=1S/C16H16ClN3O/c1-19-13-8-7-10(9-14(13)20(2)16(19)21)15(18)11-5-3-4-6-12(11)17/h3-9,15H,18H2,1-2H3. The van der Waals surface area contributed by atoms with E-state index >= 15 is 0 Å². The molecule has 0 spiro atoms. The maximum atomic E-state index is 12.0. The summed E-state index contributed by atoms with van der Waals surface area (Å²) in [4.78, 5) is 12.0. The molecule has 0 bridgehead atoms. The highest BCUT2D eigenvalue weighted by Crippen LogP contribution is 2.27. The molecule has 1 aromatic heterocycles. The van der Waals surface area contributed by atoms with Crippen LogP contribution in [0.2, 0.25) is 5.02 Å². The van der Waals surface area contributed by atoms with E-state index in [0.29, 0.717) is 5.02 Å². The smallest absolute Gasteiger partial charge is 0.320 e. The Balaban J connectivity index is 2.16. The highest BCUT2D eigenvalue weighted by Gasteiger charge is 2.15. The largest absolute Gasteiger partial charge is 0.328 e. The van der Waals surface area contributed by atoms with Crippen molar-refractivity contribution in [2.45, 2.75) is 6.04 Å². The number of benzene rings is 2. The average Bonchev–Trinajstić information content (AvgIpc) is 2.71. The van der Waals surface area contributed by atoms with E-state index in [-0.39, 0.29) is 11.7 Å². The predicted octanol–water partition coefficient (Wildman–Crippen LogP) is 2.58. The highest BCUT2D eigenvalue weighted by atomic mass is 35.5. The Bertz CT molecular complexity index is 879. The van der Waals surface area contributed by atoms with E-state index in [9.17, 15) is 4.79 Å². The van der Waals surface area contributed by atoms with E-state index in [4.69, 9.17) is 17.3 Å². The summed E-state index contributed by atoms with van der Waals surface area (Å²) in [6.07, 6.45) is 0. The van der Waals surface area contributed by atoms with E-state index in [1.54, 1.807) is 23.2 Å². The lowest BCUT2D eigenvalue weighted by atomic mass is 9.99. The van der Waals surface area contributed by atoms with Crippen molar-refractivity contribution in [1.82, 2.24) is 9.13 Å². The average molecular weight is 302 g/mol. The molecule has 0 fully saturated rings. The van der Waals surface area contributed by atoms with Gasteiger partial charge in [0.15, 0.2) is 0 Å². The molecule has 0 radical (unpaired) electrons. The van der Waals surface area contributed by atoms with Crippen molar-refractivity contribution in [3.05, 3.63) is 69.1 Å². The molecule has 0 aliphatic carbocycles. The molecule has 21 heavy (non-hydrogen) atoms. The third kappa shape index (κ3) is 2.17. The molecule has 0 saturated carbocycles. The van der Waals surface area contributed by atoms with Crippen LogP contribution in [-0.4, -0.2) is 9.13 Å². The van der Waals surface area contributed by atoms with Crippen molar-refractivity contribution in [1.29, 1.82) is 0 Å². The number of nitrogens with two attached hydrogens (primary N) is 1. The Morgan fingerprint density at radius 1 is 1.05 bits per heavy atom. The maximum Gasteiger partial charge on any atom is 0.328 e. The number of fused-ring (bicyclic) bond motifs is 1. The fraction of sp³-hybridized carbons (Fsp3) is 0.188. The molecule has 1 unspecified atom stereocenters. The van der Waals surface area contributed by atoms with Crippen molar-refractivity contribution >= 4 is 22.6 Å². The molecule has 2 N–H and O–H groups in total. The zero-order chi connectivity index (χ0) is 15.1. The Morgan fingerprint density at radius 2 is 1.71 bits per heavy atom. The van der Waals surface area contributed by atoms with Crippen LogP contribution in [0, 0.1) is 0 Å². The minimum Gasteiger partial charge on any atom is -0.320 e. The summed E-state index contributed by atoms with van der Waals surface area (Å²) in [7, 11) is 3.52. The minimum absolute atomic E-state index is 0.0477. The van der Waals surface area contributed by atoms with Gasteiger partial charge >= 0.3 is 5.69 Å². The van der Waals surface area contributed by atoms with Crippen molar-refractivity contribution in [2.24, 2.45) is 19.8 Å². The first-order chi connectivity index (χ1) is 10.0. The van der Waals surface area contributed by atoms with Crippen LogP contribution in [0.25, 0.3) is 11.0 Å². The van der Waals surface area contributed by atoms with Gasteiger partial charge in [-0.15, -0.1) is 0 Å². The first kappa shape index (κ1) is 13.9. The number of aryl methyl sites for hydroxylation is 2. The van der Waals surface area contributed by atoms with Gasteiger partial charge in [-0.2, -0.15) is 0 Å². The van der Waals surface area contributed by atoms with Crippen LogP contribution in [-0.2, 0) is 14.1 Å². The fourth-order valence-electron chi connectivity index (χ4n) is 2.62. The molecule has 3 rings (SSSR count). The number of aromatic nitrogens is 2. The van der Waals surface area contributed by atoms with E-state index in [0.717, 1.165) is 22.2 Å². The summed E-state index contributed by atoms with van der Waals surface area (Å²) in [5.74, 6) is 0. The molecular weight excluding hydrogens is 286 g/mol.